The Morgan fingerprint density at radius 2 is 1.84 bits per heavy atom. The van der Waals surface area contributed by atoms with Gasteiger partial charge in [-0.05, 0) is 23.6 Å². The maximum atomic E-state index is 12.2. The second kappa shape index (κ2) is 4.21. The van der Waals surface area contributed by atoms with Crippen LogP contribution in [0.25, 0.3) is 10.8 Å². The first-order chi connectivity index (χ1) is 9.00. The number of benzene rings is 2. The number of anilines is 1. The minimum atomic E-state index is -3.27. The van der Waals surface area contributed by atoms with Crippen LogP contribution in [0.1, 0.15) is 0 Å². The number of hydrogen-bond acceptors (Lipinski definition) is 3. The summed E-state index contributed by atoms with van der Waals surface area (Å²) in [5, 5.41) is 2.02. The van der Waals surface area contributed by atoms with Crippen LogP contribution in [0, 0.1) is 0 Å². The highest BCUT2D eigenvalue weighted by molar-refractivity contribution is 7.89. The molecular weight excluding hydrogens is 260 g/mol. The number of hydrogen-bond donors (Lipinski definition) is 0. The van der Waals surface area contributed by atoms with Crippen molar-refractivity contribution in [2.24, 2.45) is 0 Å². The summed E-state index contributed by atoms with van der Waals surface area (Å²) in [6.07, 6.45) is 0. The lowest BCUT2D eigenvalue weighted by Crippen LogP contribution is -2.12. The molecule has 0 amide bonds. The van der Waals surface area contributed by atoms with Crippen LogP contribution >= 0.6 is 0 Å². The molecule has 1 saturated heterocycles. The fourth-order valence-electron chi connectivity index (χ4n) is 2.23. The highest BCUT2D eigenvalue weighted by atomic mass is 32.2. The summed E-state index contributed by atoms with van der Waals surface area (Å²) in [4.78, 5) is 2.41. The third-order valence-corrected chi connectivity index (χ3v) is 5.25. The van der Waals surface area contributed by atoms with Crippen molar-refractivity contribution in [3.63, 3.8) is 0 Å². The Labute approximate surface area is 113 Å². The summed E-state index contributed by atoms with van der Waals surface area (Å²) >= 11 is 0. The molecule has 0 atom stereocenters. The first-order valence-corrected chi connectivity index (χ1v) is 7.64. The van der Waals surface area contributed by atoms with Gasteiger partial charge in [0.1, 0.15) is 0 Å². The maximum Gasteiger partial charge on any atom is 0.243 e. The molecule has 4 nitrogen and oxygen atoms in total. The molecule has 0 aromatic heterocycles. The Kier molecular flexibility index (Phi) is 2.76. The van der Waals surface area contributed by atoms with E-state index in [1.165, 1.54) is 4.31 Å². The Balaban J connectivity index is 2.17. The van der Waals surface area contributed by atoms with Crippen LogP contribution in [0.3, 0.4) is 0 Å². The maximum absolute atomic E-state index is 12.2. The van der Waals surface area contributed by atoms with Gasteiger partial charge in [0.25, 0.3) is 0 Å². The van der Waals surface area contributed by atoms with Crippen LogP contribution in [0.4, 0.5) is 5.69 Å². The Hall–Kier alpha value is -1.59. The molecule has 0 radical (unpaired) electrons. The third kappa shape index (κ3) is 2.09. The lowest BCUT2D eigenvalue weighted by Gasteiger charge is -2.16. The highest BCUT2D eigenvalue weighted by Gasteiger charge is 2.33. The van der Waals surface area contributed by atoms with Gasteiger partial charge in [-0.15, -0.1) is 0 Å². The Morgan fingerprint density at radius 3 is 2.47 bits per heavy atom. The van der Waals surface area contributed by atoms with Crippen molar-refractivity contribution in [3.8, 4) is 0 Å². The van der Waals surface area contributed by atoms with Crippen molar-refractivity contribution >= 4 is 26.5 Å². The molecule has 19 heavy (non-hydrogen) atoms. The molecule has 0 saturated carbocycles. The quantitative estimate of drug-likeness (QED) is 0.804. The molecule has 1 heterocycles. The summed E-state index contributed by atoms with van der Waals surface area (Å²) in [6, 6.07) is 11.3. The van der Waals surface area contributed by atoms with Crippen LogP contribution in [0.5, 0.6) is 0 Å². The number of nitrogens with zero attached hydrogens (tertiary/aromatic N) is 2. The van der Waals surface area contributed by atoms with Crippen molar-refractivity contribution in [2.45, 2.75) is 4.90 Å². The minimum Gasteiger partial charge on any atom is -0.377 e. The van der Waals surface area contributed by atoms with E-state index in [1.807, 2.05) is 43.3 Å². The summed E-state index contributed by atoms with van der Waals surface area (Å²) in [5.74, 6) is 0. The van der Waals surface area contributed by atoms with E-state index in [4.69, 9.17) is 0 Å². The first kappa shape index (κ1) is 12.4. The van der Waals surface area contributed by atoms with Crippen molar-refractivity contribution in [3.05, 3.63) is 36.4 Å². The van der Waals surface area contributed by atoms with Gasteiger partial charge in [-0.2, -0.15) is 4.31 Å². The molecule has 1 aliphatic rings. The van der Waals surface area contributed by atoms with E-state index >= 15 is 0 Å². The van der Waals surface area contributed by atoms with Gasteiger partial charge >= 0.3 is 0 Å². The minimum absolute atomic E-state index is 0.383. The second-order valence-corrected chi connectivity index (χ2v) is 6.90. The molecule has 0 bridgehead atoms. The van der Waals surface area contributed by atoms with Gasteiger partial charge < -0.3 is 4.90 Å². The normalized spacial score (nSPS) is 15.7. The van der Waals surface area contributed by atoms with E-state index in [-0.39, 0.29) is 0 Å². The van der Waals surface area contributed by atoms with Gasteiger partial charge in [0.05, 0.1) is 4.90 Å². The van der Waals surface area contributed by atoms with Crippen molar-refractivity contribution in [2.75, 3.05) is 32.1 Å². The second-order valence-electron chi connectivity index (χ2n) is 4.96. The van der Waals surface area contributed by atoms with E-state index in [9.17, 15) is 8.42 Å². The van der Waals surface area contributed by atoms with Crippen LogP contribution in [-0.2, 0) is 10.0 Å². The van der Waals surface area contributed by atoms with Gasteiger partial charge in [0.2, 0.25) is 10.0 Å². The molecule has 2 aromatic carbocycles. The summed E-state index contributed by atoms with van der Waals surface area (Å²) in [6.45, 7) is 1.27. The lowest BCUT2D eigenvalue weighted by atomic mass is 10.1. The SMILES string of the molecule is CN(C)c1cccc2cc(S(=O)(=O)N3CC3)ccc12. The third-order valence-electron chi connectivity index (χ3n) is 3.35. The van der Waals surface area contributed by atoms with E-state index in [2.05, 4.69) is 0 Å². The predicted molar refractivity (Wildman–Crippen MR) is 77.0 cm³/mol. The van der Waals surface area contributed by atoms with Crippen molar-refractivity contribution < 1.29 is 8.42 Å². The van der Waals surface area contributed by atoms with Gasteiger partial charge in [-0.25, -0.2) is 8.42 Å². The Bertz CT molecular complexity index is 734. The molecule has 0 aliphatic carbocycles. The van der Waals surface area contributed by atoms with E-state index < -0.39 is 10.0 Å². The molecule has 0 N–H and O–H groups in total. The molecule has 0 unspecified atom stereocenters. The molecule has 5 heteroatoms. The summed E-state index contributed by atoms with van der Waals surface area (Å²) < 4.78 is 25.8. The molecule has 3 rings (SSSR count). The standard InChI is InChI=1S/C14H16N2O2S/c1-15(2)14-5-3-4-11-10-12(6-7-13(11)14)19(17,18)16-8-9-16/h3-7,10H,8-9H2,1-2H3. The van der Waals surface area contributed by atoms with E-state index in [0.29, 0.717) is 18.0 Å². The predicted octanol–water partition coefficient (Wildman–Crippen LogP) is 1.91. The van der Waals surface area contributed by atoms with Gasteiger partial charge in [-0.1, -0.05) is 18.2 Å². The highest BCUT2D eigenvalue weighted by Crippen LogP contribution is 2.29. The molecule has 1 aliphatic heterocycles. The zero-order chi connectivity index (χ0) is 13.6. The molecule has 1 fully saturated rings. The molecule has 2 aromatic rings. The van der Waals surface area contributed by atoms with Crippen molar-refractivity contribution in [1.82, 2.24) is 4.31 Å². The molecule has 0 spiro atoms. The topological polar surface area (TPSA) is 40.4 Å². The summed E-state index contributed by atoms with van der Waals surface area (Å²) in [7, 11) is 0.692. The monoisotopic (exact) mass is 276 g/mol. The number of rotatable bonds is 3. The zero-order valence-electron chi connectivity index (χ0n) is 11.0. The fraction of sp³-hybridized carbons (Fsp3) is 0.286. The lowest BCUT2D eigenvalue weighted by molar-refractivity contribution is 0.563. The fourth-order valence-corrected chi connectivity index (χ4v) is 3.60. The van der Waals surface area contributed by atoms with Gasteiger partial charge in [0.15, 0.2) is 0 Å². The average molecular weight is 276 g/mol. The number of fused-ring (bicyclic) bond motifs is 1. The first-order valence-electron chi connectivity index (χ1n) is 6.20. The van der Waals surface area contributed by atoms with Gasteiger partial charge in [0, 0.05) is 38.3 Å². The van der Waals surface area contributed by atoms with Crippen LogP contribution < -0.4 is 4.90 Å². The van der Waals surface area contributed by atoms with E-state index in [0.717, 1.165) is 16.5 Å². The Morgan fingerprint density at radius 1 is 1.11 bits per heavy atom. The van der Waals surface area contributed by atoms with E-state index in [1.54, 1.807) is 12.1 Å². The molecular formula is C14H16N2O2S. The summed E-state index contributed by atoms with van der Waals surface area (Å²) in [5.41, 5.74) is 1.09. The number of sulfonamides is 1. The van der Waals surface area contributed by atoms with Gasteiger partial charge in [-0.3, -0.25) is 0 Å². The smallest absolute Gasteiger partial charge is 0.243 e. The molecule has 100 valence electrons. The largest absolute Gasteiger partial charge is 0.377 e. The zero-order valence-corrected chi connectivity index (χ0v) is 11.8. The van der Waals surface area contributed by atoms with Crippen LogP contribution in [0.15, 0.2) is 41.3 Å². The van der Waals surface area contributed by atoms with Crippen LogP contribution in [-0.4, -0.2) is 39.9 Å². The average Bonchev–Trinajstić information content (AvgIpc) is 3.21. The van der Waals surface area contributed by atoms with Crippen molar-refractivity contribution in [1.29, 1.82) is 0 Å². The van der Waals surface area contributed by atoms with Crippen LogP contribution in [0.2, 0.25) is 0 Å².